The van der Waals surface area contributed by atoms with Crippen LogP contribution in [0, 0.1) is 11.8 Å². The smallest absolute Gasteiger partial charge is 0.164 e. The third-order valence-electron chi connectivity index (χ3n) is 13.1. The van der Waals surface area contributed by atoms with Gasteiger partial charge in [-0.05, 0) is 123 Å². The van der Waals surface area contributed by atoms with Crippen molar-refractivity contribution in [2.45, 2.75) is 42.9 Å². The summed E-state index contributed by atoms with van der Waals surface area (Å²) in [5.41, 5.74) is 9.20. The van der Waals surface area contributed by atoms with Gasteiger partial charge in [-0.25, -0.2) is 15.0 Å². The SMILES string of the molecule is Brc1ccc(C23CC4CC2CC(c2ccc(-c5ccc6ccc7cc(-c8nc(-c9ccccc9)nc(-c9ccccc9)n8)ccc7c6c5)cc2)(C4)C3)cc1. The average Bonchev–Trinajstić information content (AvgIpc) is 3.63. The Morgan fingerprint density at radius 1 is 0.463 bits per heavy atom. The van der Waals surface area contributed by atoms with E-state index in [1.807, 2.05) is 60.7 Å². The molecular weight excluding hydrogens is 722 g/mol. The van der Waals surface area contributed by atoms with Crippen molar-refractivity contribution < 1.29 is 0 Å². The zero-order valence-electron chi connectivity index (χ0n) is 29.9. The quantitative estimate of drug-likeness (QED) is 0.158. The summed E-state index contributed by atoms with van der Waals surface area (Å²) in [5, 5.41) is 4.89. The third kappa shape index (κ3) is 5.18. The molecule has 12 rings (SSSR count). The van der Waals surface area contributed by atoms with Crippen LogP contribution in [0.25, 0.3) is 66.8 Å². The first-order valence-corrected chi connectivity index (χ1v) is 20.0. The van der Waals surface area contributed by atoms with Gasteiger partial charge in [0, 0.05) is 21.2 Å². The first-order chi connectivity index (χ1) is 26.5. The molecule has 0 saturated heterocycles. The molecule has 4 atom stereocenters. The number of aromatic nitrogens is 3. The lowest BCUT2D eigenvalue weighted by molar-refractivity contribution is 0.219. The van der Waals surface area contributed by atoms with Crippen molar-refractivity contribution in [3.05, 3.63) is 173 Å². The molecule has 1 heterocycles. The Bertz CT molecular complexity index is 2650. The molecule has 0 radical (unpaired) electrons. The lowest BCUT2D eigenvalue weighted by Gasteiger charge is -2.42. The van der Waals surface area contributed by atoms with Crippen molar-refractivity contribution in [3.63, 3.8) is 0 Å². The first kappa shape index (κ1) is 32.0. The van der Waals surface area contributed by atoms with E-state index in [0.29, 0.717) is 28.3 Å². The lowest BCUT2D eigenvalue weighted by Crippen LogP contribution is -2.35. The van der Waals surface area contributed by atoms with Gasteiger partial charge < -0.3 is 0 Å². The van der Waals surface area contributed by atoms with E-state index in [0.717, 1.165) is 28.5 Å². The van der Waals surface area contributed by atoms with Gasteiger partial charge in [0.1, 0.15) is 0 Å². The van der Waals surface area contributed by atoms with Crippen molar-refractivity contribution in [2.75, 3.05) is 0 Å². The van der Waals surface area contributed by atoms with Crippen molar-refractivity contribution in [3.8, 4) is 45.3 Å². The predicted octanol–water partition coefficient (Wildman–Crippen LogP) is 13.0. The minimum atomic E-state index is 0.303. The molecule has 4 saturated carbocycles. The minimum Gasteiger partial charge on any atom is -0.208 e. The zero-order chi connectivity index (χ0) is 35.9. The number of hydrogen-bond donors (Lipinski definition) is 0. The van der Waals surface area contributed by atoms with Crippen molar-refractivity contribution in [2.24, 2.45) is 11.8 Å². The Labute approximate surface area is 324 Å². The zero-order valence-corrected chi connectivity index (χ0v) is 31.5. The number of nitrogens with zero attached hydrogens (tertiary/aromatic N) is 3. The van der Waals surface area contributed by atoms with Crippen LogP contribution in [-0.4, -0.2) is 15.0 Å². The Balaban J connectivity index is 0.929. The topological polar surface area (TPSA) is 38.7 Å². The van der Waals surface area contributed by atoms with Crippen LogP contribution >= 0.6 is 15.9 Å². The molecule has 0 N–H and O–H groups in total. The van der Waals surface area contributed by atoms with E-state index in [-0.39, 0.29) is 0 Å². The maximum absolute atomic E-state index is 4.98. The standard InChI is InChI=1S/C50H38BrN3/c51-43-22-20-41(21-23-43)50-29-32-25-42(50)30-49(28-32,31-50)40-18-15-33(16-19-40)37-13-11-34-12-14-38-26-39(17-24-44(38)45(34)27-37)48-53-46(35-7-3-1-4-8-35)52-47(54-48)36-9-5-2-6-10-36/h1-24,26-27,32,42H,25,28-31H2. The summed E-state index contributed by atoms with van der Waals surface area (Å²) in [7, 11) is 0. The van der Waals surface area contributed by atoms with Gasteiger partial charge in [0.05, 0.1) is 0 Å². The Kier molecular flexibility index (Phi) is 7.29. The fourth-order valence-electron chi connectivity index (χ4n) is 10.8. The second-order valence-electron chi connectivity index (χ2n) is 16.1. The van der Waals surface area contributed by atoms with Gasteiger partial charge in [-0.3, -0.25) is 0 Å². The van der Waals surface area contributed by atoms with Gasteiger partial charge in [0.25, 0.3) is 0 Å². The fraction of sp³-hybridized carbons (Fsp3) is 0.180. The van der Waals surface area contributed by atoms with Crippen LogP contribution in [0.3, 0.4) is 0 Å². The van der Waals surface area contributed by atoms with Crippen LogP contribution in [0.2, 0.25) is 0 Å². The van der Waals surface area contributed by atoms with Gasteiger partial charge in [0.2, 0.25) is 0 Å². The lowest BCUT2D eigenvalue weighted by atomic mass is 9.62. The summed E-state index contributed by atoms with van der Waals surface area (Å²) >= 11 is 3.67. The van der Waals surface area contributed by atoms with E-state index in [9.17, 15) is 0 Å². The van der Waals surface area contributed by atoms with Gasteiger partial charge in [-0.2, -0.15) is 0 Å². The van der Waals surface area contributed by atoms with Gasteiger partial charge in [-0.15, -0.1) is 0 Å². The van der Waals surface area contributed by atoms with Crippen LogP contribution < -0.4 is 0 Å². The molecule has 1 aromatic heterocycles. The number of halogens is 1. The first-order valence-electron chi connectivity index (χ1n) is 19.2. The molecule has 4 unspecified atom stereocenters. The van der Waals surface area contributed by atoms with Crippen LogP contribution in [0.1, 0.15) is 43.2 Å². The summed E-state index contributed by atoms with van der Waals surface area (Å²) in [6.07, 6.45) is 6.73. The molecule has 3 nitrogen and oxygen atoms in total. The van der Waals surface area contributed by atoms with E-state index < -0.39 is 0 Å². The maximum Gasteiger partial charge on any atom is 0.164 e. The van der Waals surface area contributed by atoms with Crippen LogP contribution in [0.4, 0.5) is 0 Å². The maximum atomic E-state index is 4.98. The second-order valence-corrected chi connectivity index (χ2v) is 17.0. The average molecular weight is 761 g/mol. The Morgan fingerprint density at radius 2 is 1.06 bits per heavy atom. The molecule has 4 aliphatic carbocycles. The number of hydrogen-bond acceptors (Lipinski definition) is 3. The summed E-state index contributed by atoms with van der Waals surface area (Å²) in [6.45, 7) is 0. The molecule has 54 heavy (non-hydrogen) atoms. The number of benzene rings is 7. The van der Waals surface area contributed by atoms with Gasteiger partial charge >= 0.3 is 0 Å². The summed E-state index contributed by atoms with van der Waals surface area (Å²) in [6, 6.07) is 57.3. The fourth-order valence-corrected chi connectivity index (χ4v) is 11.1. The molecule has 260 valence electrons. The highest BCUT2D eigenvalue weighted by Crippen LogP contribution is 2.71. The third-order valence-corrected chi connectivity index (χ3v) is 13.6. The van der Waals surface area contributed by atoms with E-state index in [4.69, 9.17) is 15.0 Å². The largest absolute Gasteiger partial charge is 0.208 e. The molecular formula is C50H38BrN3. The summed E-state index contributed by atoms with van der Waals surface area (Å²) < 4.78 is 1.17. The number of fused-ring (bicyclic) bond motifs is 3. The second kappa shape index (κ2) is 12.3. The minimum absolute atomic E-state index is 0.303. The van der Waals surface area contributed by atoms with E-state index in [1.54, 1.807) is 11.1 Å². The van der Waals surface area contributed by atoms with Crippen molar-refractivity contribution in [1.82, 2.24) is 15.0 Å². The molecule has 4 aliphatic rings. The molecule has 4 bridgehead atoms. The summed E-state index contributed by atoms with van der Waals surface area (Å²) in [4.78, 5) is 14.8. The van der Waals surface area contributed by atoms with Crippen LogP contribution in [-0.2, 0) is 10.8 Å². The van der Waals surface area contributed by atoms with Crippen molar-refractivity contribution >= 4 is 37.5 Å². The molecule has 4 heteroatoms. The van der Waals surface area contributed by atoms with E-state index in [1.165, 1.54) is 69.2 Å². The molecule has 0 spiro atoms. The Hall–Kier alpha value is -5.45. The molecule has 0 amide bonds. The van der Waals surface area contributed by atoms with Crippen LogP contribution in [0.15, 0.2) is 162 Å². The van der Waals surface area contributed by atoms with Crippen LogP contribution in [0.5, 0.6) is 0 Å². The highest BCUT2D eigenvalue weighted by Gasteiger charge is 2.64. The van der Waals surface area contributed by atoms with Crippen molar-refractivity contribution in [1.29, 1.82) is 0 Å². The highest BCUT2D eigenvalue weighted by molar-refractivity contribution is 9.10. The van der Waals surface area contributed by atoms with E-state index >= 15 is 0 Å². The number of rotatable bonds is 6. The molecule has 7 aromatic carbocycles. The van der Waals surface area contributed by atoms with E-state index in [2.05, 4.69) is 113 Å². The summed E-state index contributed by atoms with van der Waals surface area (Å²) in [5.74, 6) is 3.66. The monoisotopic (exact) mass is 759 g/mol. The normalized spacial score (nSPS) is 22.7. The molecule has 0 aliphatic heterocycles. The molecule has 8 aromatic rings. The van der Waals surface area contributed by atoms with Gasteiger partial charge in [-0.1, -0.05) is 149 Å². The Morgan fingerprint density at radius 3 is 1.76 bits per heavy atom. The highest BCUT2D eigenvalue weighted by atomic mass is 79.9. The van der Waals surface area contributed by atoms with Gasteiger partial charge in [0.15, 0.2) is 17.5 Å². The molecule has 4 fully saturated rings. The predicted molar refractivity (Wildman–Crippen MR) is 224 cm³/mol.